The van der Waals surface area contributed by atoms with Gasteiger partial charge in [0.2, 0.25) is 0 Å². The zero-order valence-corrected chi connectivity index (χ0v) is 11.8. The van der Waals surface area contributed by atoms with Crippen molar-refractivity contribution in [3.8, 4) is 0 Å². The average Bonchev–Trinajstić information content (AvgIpc) is 2.29. The number of hydrogen-bond donors (Lipinski definition) is 1. The molecule has 0 amide bonds. The SMILES string of the molecule is CCCN(Cc1ccc(F)c(C(N)=S)c1)CC(F)(F)F. The Balaban J connectivity index is 2.88. The Kier molecular flexibility index (Phi) is 5.88. The molecule has 20 heavy (non-hydrogen) atoms. The molecule has 2 N–H and O–H groups in total. The predicted octanol–water partition coefficient (Wildman–Crippen LogP) is 3.23. The normalized spacial score (nSPS) is 11.9. The highest BCUT2D eigenvalue weighted by atomic mass is 32.1. The van der Waals surface area contributed by atoms with Crippen LogP contribution in [0.3, 0.4) is 0 Å². The highest BCUT2D eigenvalue weighted by molar-refractivity contribution is 7.80. The number of thiocarbonyl (C=S) groups is 1. The molecule has 7 heteroatoms. The molecular weight excluding hydrogens is 292 g/mol. The quantitative estimate of drug-likeness (QED) is 0.646. The van der Waals surface area contributed by atoms with Crippen LogP contribution >= 0.6 is 12.2 Å². The van der Waals surface area contributed by atoms with Crippen LogP contribution in [0.5, 0.6) is 0 Å². The van der Waals surface area contributed by atoms with Gasteiger partial charge in [-0.15, -0.1) is 0 Å². The minimum absolute atomic E-state index is 0.0564. The Morgan fingerprint density at radius 1 is 1.35 bits per heavy atom. The van der Waals surface area contributed by atoms with Gasteiger partial charge in [-0.25, -0.2) is 4.39 Å². The van der Waals surface area contributed by atoms with Gasteiger partial charge in [0.25, 0.3) is 0 Å². The first-order chi connectivity index (χ1) is 9.23. The molecule has 0 aliphatic heterocycles. The van der Waals surface area contributed by atoms with Crippen molar-refractivity contribution in [1.82, 2.24) is 4.90 Å². The van der Waals surface area contributed by atoms with Gasteiger partial charge in [-0.2, -0.15) is 13.2 Å². The number of rotatable bonds is 6. The topological polar surface area (TPSA) is 29.3 Å². The Bertz CT molecular complexity index is 474. The van der Waals surface area contributed by atoms with E-state index in [4.69, 9.17) is 18.0 Å². The van der Waals surface area contributed by atoms with Gasteiger partial charge in [0.05, 0.1) is 6.54 Å². The lowest BCUT2D eigenvalue weighted by molar-refractivity contribution is -0.147. The zero-order valence-electron chi connectivity index (χ0n) is 11.0. The monoisotopic (exact) mass is 308 g/mol. The molecule has 0 bridgehead atoms. The molecule has 1 aromatic rings. The summed E-state index contributed by atoms with van der Waals surface area (Å²) in [5.41, 5.74) is 5.98. The maximum Gasteiger partial charge on any atom is 0.401 e. The van der Waals surface area contributed by atoms with Crippen LogP contribution in [-0.2, 0) is 6.54 Å². The van der Waals surface area contributed by atoms with Crippen LogP contribution in [0, 0.1) is 5.82 Å². The summed E-state index contributed by atoms with van der Waals surface area (Å²) in [5, 5.41) is 0. The fourth-order valence-electron chi connectivity index (χ4n) is 1.90. The van der Waals surface area contributed by atoms with Crippen LogP contribution in [0.2, 0.25) is 0 Å². The van der Waals surface area contributed by atoms with Crippen LogP contribution in [0.4, 0.5) is 17.6 Å². The Morgan fingerprint density at radius 3 is 2.50 bits per heavy atom. The molecule has 2 nitrogen and oxygen atoms in total. The molecule has 112 valence electrons. The van der Waals surface area contributed by atoms with E-state index in [-0.39, 0.29) is 17.1 Å². The van der Waals surface area contributed by atoms with E-state index in [0.29, 0.717) is 18.5 Å². The lowest BCUT2D eigenvalue weighted by atomic mass is 10.1. The van der Waals surface area contributed by atoms with E-state index >= 15 is 0 Å². The van der Waals surface area contributed by atoms with E-state index in [1.54, 1.807) is 6.92 Å². The molecule has 0 saturated heterocycles. The molecule has 1 aromatic carbocycles. The number of nitrogens with zero attached hydrogens (tertiary/aromatic N) is 1. The van der Waals surface area contributed by atoms with Gasteiger partial charge >= 0.3 is 6.18 Å². The van der Waals surface area contributed by atoms with Gasteiger partial charge < -0.3 is 5.73 Å². The predicted molar refractivity (Wildman–Crippen MR) is 73.9 cm³/mol. The van der Waals surface area contributed by atoms with Gasteiger partial charge in [-0.05, 0) is 30.7 Å². The second-order valence-electron chi connectivity index (χ2n) is 4.50. The molecule has 0 saturated carbocycles. The molecule has 0 spiro atoms. The van der Waals surface area contributed by atoms with E-state index in [1.165, 1.54) is 23.1 Å². The molecule has 0 aliphatic rings. The van der Waals surface area contributed by atoms with Crippen molar-refractivity contribution in [2.45, 2.75) is 26.1 Å². The van der Waals surface area contributed by atoms with Crippen molar-refractivity contribution in [2.75, 3.05) is 13.1 Å². The minimum Gasteiger partial charge on any atom is -0.389 e. The molecule has 0 aliphatic carbocycles. The van der Waals surface area contributed by atoms with Crippen LogP contribution in [0.25, 0.3) is 0 Å². The van der Waals surface area contributed by atoms with Gasteiger partial charge in [-0.1, -0.05) is 25.2 Å². The maximum atomic E-state index is 13.4. The first kappa shape index (κ1) is 16.8. The zero-order chi connectivity index (χ0) is 15.3. The smallest absolute Gasteiger partial charge is 0.389 e. The summed E-state index contributed by atoms with van der Waals surface area (Å²) in [6.45, 7) is 1.18. The number of hydrogen-bond acceptors (Lipinski definition) is 2. The number of nitrogens with two attached hydrogens (primary N) is 1. The second-order valence-corrected chi connectivity index (χ2v) is 4.94. The lowest BCUT2D eigenvalue weighted by Crippen LogP contribution is -2.34. The standard InChI is InChI=1S/C13H16F4N2S/c1-2-5-19(8-13(15,16)17)7-9-3-4-11(14)10(6-9)12(18)20/h3-4,6H,2,5,7-8H2,1H3,(H2,18,20). The van der Waals surface area contributed by atoms with Crippen molar-refractivity contribution in [2.24, 2.45) is 5.73 Å². The fourth-order valence-corrected chi connectivity index (χ4v) is 2.06. The Labute approximate surface area is 120 Å². The molecule has 0 radical (unpaired) electrons. The average molecular weight is 308 g/mol. The lowest BCUT2D eigenvalue weighted by Gasteiger charge is -2.23. The second kappa shape index (κ2) is 6.99. The third kappa shape index (κ3) is 5.42. The van der Waals surface area contributed by atoms with E-state index in [1.807, 2.05) is 0 Å². The van der Waals surface area contributed by atoms with Crippen LogP contribution in [0.1, 0.15) is 24.5 Å². The number of halogens is 4. The van der Waals surface area contributed by atoms with Crippen molar-refractivity contribution in [3.63, 3.8) is 0 Å². The molecule has 0 atom stereocenters. The number of benzene rings is 1. The molecule has 1 rings (SSSR count). The van der Waals surface area contributed by atoms with E-state index in [0.717, 1.165) is 0 Å². The highest BCUT2D eigenvalue weighted by Gasteiger charge is 2.30. The summed E-state index contributed by atoms with van der Waals surface area (Å²) in [4.78, 5) is 1.15. The van der Waals surface area contributed by atoms with E-state index in [2.05, 4.69) is 0 Å². The van der Waals surface area contributed by atoms with Crippen molar-refractivity contribution in [1.29, 1.82) is 0 Å². The van der Waals surface area contributed by atoms with Crippen molar-refractivity contribution >= 4 is 17.2 Å². The third-order valence-electron chi connectivity index (χ3n) is 2.65. The van der Waals surface area contributed by atoms with E-state index < -0.39 is 18.5 Å². The molecule has 0 aromatic heterocycles. The van der Waals surface area contributed by atoms with E-state index in [9.17, 15) is 17.6 Å². The largest absolute Gasteiger partial charge is 0.401 e. The summed E-state index contributed by atoms with van der Waals surface area (Å²) in [6, 6.07) is 4.01. The maximum absolute atomic E-state index is 13.4. The van der Waals surface area contributed by atoms with Crippen molar-refractivity contribution < 1.29 is 17.6 Å². The fraction of sp³-hybridized carbons (Fsp3) is 0.462. The summed E-state index contributed by atoms with van der Waals surface area (Å²) in [5.74, 6) is -0.570. The summed E-state index contributed by atoms with van der Waals surface area (Å²) in [7, 11) is 0. The van der Waals surface area contributed by atoms with Crippen LogP contribution in [-0.4, -0.2) is 29.2 Å². The first-order valence-electron chi connectivity index (χ1n) is 6.10. The molecule has 0 heterocycles. The molecule has 0 fully saturated rings. The van der Waals surface area contributed by atoms with Gasteiger partial charge in [0.1, 0.15) is 10.8 Å². The summed E-state index contributed by atoms with van der Waals surface area (Å²) >= 11 is 4.71. The van der Waals surface area contributed by atoms with Crippen LogP contribution in [0.15, 0.2) is 18.2 Å². The van der Waals surface area contributed by atoms with Gasteiger partial charge in [0, 0.05) is 12.1 Å². The first-order valence-corrected chi connectivity index (χ1v) is 6.51. The molecule has 0 unspecified atom stereocenters. The minimum atomic E-state index is -4.26. The third-order valence-corrected chi connectivity index (χ3v) is 2.87. The summed E-state index contributed by atoms with van der Waals surface area (Å²) in [6.07, 6.45) is -3.67. The van der Waals surface area contributed by atoms with Crippen LogP contribution < -0.4 is 5.73 Å². The molecular formula is C13H16F4N2S. The number of alkyl halides is 3. The Hall–Kier alpha value is -1.21. The summed E-state index contributed by atoms with van der Waals surface area (Å²) < 4.78 is 50.8. The Morgan fingerprint density at radius 2 is 2.00 bits per heavy atom. The van der Waals surface area contributed by atoms with Crippen molar-refractivity contribution in [3.05, 3.63) is 35.1 Å². The van der Waals surface area contributed by atoms with Gasteiger partial charge in [-0.3, -0.25) is 4.90 Å². The highest BCUT2D eigenvalue weighted by Crippen LogP contribution is 2.19. The van der Waals surface area contributed by atoms with Gasteiger partial charge in [0.15, 0.2) is 0 Å².